The highest BCUT2D eigenvalue weighted by atomic mass is 35.5. The topological polar surface area (TPSA) is 46.0 Å². The quantitative estimate of drug-likeness (QED) is 0.726. The zero-order valence-corrected chi connectivity index (χ0v) is 10.7. The average Bonchev–Trinajstić information content (AvgIpc) is 2.46. The number of hydrogen-bond donors (Lipinski definition) is 1. The van der Waals surface area contributed by atoms with Gasteiger partial charge in [0.05, 0.1) is 0 Å². The van der Waals surface area contributed by atoms with Crippen molar-refractivity contribution < 1.29 is 5.11 Å². The maximum Gasteiger partial charge on any atom is 0.129 e. The molecule has 3 aromatic rings. The standard InChI is InChI=1S/C15H11ClN2O/c16-14-7-10(5-6-18-14)15(19)13-9-17-8-11-3-1-2-4-12(11)13/h1-9,15,19H. The second kappa shape index (κ2) is 4.96. The fraction of sp³-hybridized carbons (Fsp3) is 0.0667. The Hall–Kier alpha value is -1.97. The lowest BCUT2D eigenvalue weighted by Gasteiger charge is -2.13. The zero-order chi connectivity index (χ0) is 13.2. The summed E-state index contributed by atoms with van der Waals surface area (Å²) in [5.41, 5.74) is 1.47. The lowest BCUT2D eigenvalue weighted by molar-refractivity contribution is 0.221. The highest BCUT2D eigenvalue weighted by Gasteiger charge is 2.14. The first-order valence-corrected chi connectivity index (χ1v) is 6.25. The third-order valence-corrected chi connectivity index (χ3v) is 3.27. The van der Waals surface area contributed by atoms with Crippen molar-refractivity contribution in [3.63, 3.8) is 0 Å². The Morgan fingerprint density at radius 3 is 2.79 bits per heavy atom. The Morgan fingerprint density at radius 2 is 1.95 bits per heavy atom. The second-order valence-electron chi connectivity index (χ2n) is 4.26. The van der Waals surface area contributed by atoms with Crippen LogP contribution in [0.4, 0.5) is 0 Å². The number of rotatable bonds is 2. The maximum atomic E-state index is 10.5. The van der Waals surface area contributed by atoms with Crippen LogP contribution in [0, 0.1) is 0 Å². The van der Waals surface area contributed by atoms with E-state index in [0.717, 1.165) is 16.3 Å². The van der Waals surface area contributed by atoms with E-state index in [9.17, 15) is 5.11 Å². The first-order chi connectivity index (χ1) is 9.25. The van der Waals surface area contributed by atoms with Gasteiger partial charge in [-0.15, -0.1) is 0 Å². The molecular weight excluding hydrogens is 260 g/mol. The summed E-state index contributed by atoms with van der Waals surface area (Å²) in [6.07, 6.45) is 4.28. The van der Waals surface area contributed by atoms with Crippen molar-refractivity contribution in [1.29, 1.82) is 0 Å². The molecule has 0 radical (unpaired) electrons. The van der Waals surface area contributed by atoms with E-state index in [1.54, 1.807) is 30.7 Å². The predicted molar refractivity (Wildman–Crippen MR) is 75.1 cm³/mol. The van der Waals surface area contributed by atoms with Crippen LogP contribution in [-0.4, -0.2) is 15.1 Å². The number of fused-ring (bicyclic) bond motifs is 1. The molecule has 0 saturated carbocycles. The van der Waals surface area contributed by atoms with Crippen LogP contribution in [0.15, 0.2) is 55.0 Å². The summed E-state index contributed by atoms with van der Waals surface area (Å²) in [6.45, 7) is 0. The van der Waals surface area contributed by atoms with Crippen LogP contribution in [0.25, 0.3) is 10.8 Å². The Morgan fingerprint density at radius 1 is 1.11 bits per heavy atom. The highest BCUT2D eigenvalue weighted by molar-refractivity contribution is 6.29. The van der Waals surface area contributed by atoms with Gasteiger partial charge in [-0.3, -0.25) is 4.98 Å². The van der Waals surface area contributed by atoms with Gasteiger partial charge < -0.3 is 5.11 Å². The summed E-state index contributed by atoms with van der Waals surface area (Å²) in [5.74, 6) is 0. The van der Waals surface area contributed by atoms with Crippen LogP contribution < -0.4 is 0 Å². The molecule has 2 heterocycles. The van der Waals surface area contributed by atoms with Crippen LogP contribution in [0.2, 0.25) is 5.15 Å². The van der Waals surface area contributed by atoms with Crippen molar-refractivity contribution in [2.45, 2.75) is 6.10 Å². The molecule has 0 aliphatic heterocycles. The molecule has 3 nitrogen and oxygen atoms in total. The number of pyridine rings is 2. The summed E-state index contributed by atoms with van der Waals surface area (Å²) in [7, 11) is 0. The summed E-state index contributed by atoms with van der Waals surface area (Å²) in [4.78, 5) is 8.09. The van der Waals surface area contributed by atoms with Crippen LogP contribution >= 0.6 is 11.6 Å². The molecular formula is C15H11ClN2O. The molecule has 0 aliphatic rings. The minimum Gasteiger partial charge on any atom is -0.384 e. The van der Waals surface area contributed by atoms with Gasteiger partial charge in [-0.25, -0.2) is 4.98 Å². The SMILES string of the molecule is OC(c1ccnc(Cl)c1)c1cncc2ccccc12. The minimum atomic E-state index is -0.765. The summed E-state index contributed by atoms with van der Waals surface area (Å²) in [5, 5.41) is 12.8. The van der Waals surface area contributed by atoms with E-state index >= 15 is 0 Å². The molecule has 0 spiro atoms. The van der Waals surface area contributed by atoms with Gasteiger partial charge in [-0.2, -0.15) is 0 Å². The van der Waals surface area contributed by atoms with Crippen molar-refractivity contribution >= 4 is 22.4 Å². The Labute approximate surface area is 115 Å². The van der Waals surface area contributed by atoms with Crippen molar-refractivity contribution in [1.82, 2.24) is 9.97 Å². The van der Waals surface area contributed by atoms with E-state index in [2.05, 4.69) is 9.97 Å². The second-order valence-corrected chi connectivity index (χ2v) is 4.65. The third kappa shape index (κ3) is 2.30. The number of aliphatic hydroxyl groups is 1. The van der Waals surface area contributed by atoms with Crippen molar-refractivity contribution in [3.8, 4) is 0 Å². The fourth-order valence-corrected chi connectivity index (χ4v) is 2.31. The van der Waals surface area contributed by atoms with Crippen LogP contribution in [-0.2, 0) is 0 Å². The molecule has 0 bridgehead atoms. The molecule has 2 aromatic heterocycles. The summed E-state index contributed by atoms with van der Waals surface area (Å²) >= 11 is 5.86. The predicted octanol–water partition coefficient (Wildman–Crippen LogP) is 3.36. The fourth-order valence-electron chi connectivity index (χ4n) is 2.12. The van der Waals surface area contributed by atoms with Gasteiger partial charge in [0.1, 0.15) is 11.3 Å². The van der Waals surface area contributed by atoms with Crippen LogP contribution in [0.1, 0.15) is 17.2 Å². The van der Waals surface area contributed by atoms with Crippen molar-refractivity contribution in [2.75, 3.05) is 0 Å². The molecule has 0 saturated heterocycles. The molecule has 4 heteroatoms. The molecule has 94 valence electrons. The van der Waals surface area contributed by atoms with Crippen molar-refractivity contribution in [2.24, 2.45) is 0 Å². The Kier molecular flexibility index (Phi) is 3.15. The van der Waals surface area contributed by atoms with Gasteiger partial charge in [-0.05, 0) is 23.1 Å². The first-order valence-electron chi connectivity index (χ1n) is 5.88. The van der Waals surface area contributed by atoms with Gasteiger partial charge in [0.25, 0.3) is 0 Å². The van der Waals surface area contributed by atoms with E-state index in [1.807, 2.05) is 24.3 Å². The largest absolute Gasteiger partial charge is 0.384 e. The average molecular weight is 271 g/mol. The lowest BCUT2D eigenvalue weighted by atomic mass is 9.99. The zero-order valence-electron chi connectivity index (χ0n) is 9.99. The molecule has 1 aromatic carbocycles. The molecule has 0 aliphatic carbocycles. The van der Waals surface area contributed by atoms with E-state index < -0.39 is 6.10 Å². The third-order valence-electron chi connectivity index (χ3n) is 3.06. The molecule has 19 heavy (non-hydrogen) atoms. The lowest BCUT2D eigenvalue weighted by Crippen LogP contribution is -2.01. The monoisotopic (exact) mass is 270 g/mol. The Balaban J connectivity index is 2.14. The highest BCUT2D eigenvalue weighted by Crippen LogP contribution is 2.28. The van der Waals surface area contributed by atoms with E-state index in [1.165, 1.54) is 0 Å². The summed E-state index contributed by atoms with van der Waals surface area (Å²) in [6, 6.07) is 11.2. The minimum absolute atomic E-state index is 0.366. The molecule has 3 rings (SSSR count). The van der Waals surface area contributed by atoms with Gasteiger partial charge >= 0.3 is 0 Å². The molecule has 1 unspecified atom stereocenters. The van der Waals surface area contributed by atoms with Crippen LogP contribution in [0.5, 0.6) is 0 Å². The van der Waals surface area contributed by atoms with Gasteiger partial charge in [0.15, 0.2) is 0 Å². The van der Waals surface area contributed by atoms with Gasteiger partial charge in [-0.1, -0.05) is 35.9 Å². The number of hydrogen-bond acceptors (Lipinski definition) is 3. The van der Waals surface area contributed by atoms with Gasteiger partial charge in [0, 0.05) is 29.5 Å². The van der Waals surface area contributed by atoms with Gasteiger partial charge in [0.2, 0.25) is 0 Å². The smallest absolute Gasteiger partial charge is 0.129 e. The first kappa shape index (κ1) is 12.1. The number of aromatic nitrogens is 2. The van der Waals surface area contributed by atoms with Crippen LogP contribution in [0.3, 0.4) is 0 Å². The van der Waals surface area contributed by atoms with E-state index in [0.29, 0.717) is 10.7 Å². The number of benzene rings is 1. The van der Waals surface area contributed by atoms with Crippen molar-refractivity contribution in [3.05, 3.63) is 71.3 Å². The molecule has 1 N–H and O–H groups in total. The van der Waals surface area contributed by atoms with E-state index in [-0.39, 0.29) is 0 Å². The number of nitrogens with zero attached hydrogens (tertiary/aromatic N) is 2. The Bertz CT molecular complexity index is 725. The van der Waals surface area contributed by atoms with E-state index in [4.69, 9.17) is 11.6 Å². The number of halogens is 1. The molecule has 0 amide bonds. The molecule has 0 fully saturated rings. The number of aliphatic hydroxyl groups excluding tert-OH is 1. The summed E-state index contributed by atoms with van der Waals surface area (Å²) < 4.78 is 0. The maximum absolute atomic E-state index is 10.5. The normalized spacial score (nSPS) is 12.5. The molecule has 1 atom stereocenters.